The molecule has 0 aromatic carbocycles. The van der Waals surface area contributed by atoms with Gasteiger partial charge < -0.3 is 5.32 Å². The fourth-order valence-corrected chi connectivity index (χ4v) is 1.88. The summed E-state index contributed by atoms with van der Waals surface area (Å²) in [4.78, 5) is 4.03. The third-order valence-corrected chi connectivity index (χ3v) is 2.66. The molecule has 2 nitrogen and oxygen atoms in total. The van der Waals surface area contributed by atoms with Gasteiger partial charge in [-0.3, -0.25) is 4.98 Å². The van der Waals surface area contributed by atoms with Crippen molar-refractivity contribution < 1.29 is 0 Å². The number of aryl methyl sites for hydroxylation is 1. The van der Waals surface area contributed by atoms with Gasteiger partial charge in [-0.05, 0) is 43.5 Å². The van der Waals surface area contributed by atoms with Crippen LogP contribution in [0.25, 0.3) is 0 Å². The van der Waals surface area contributed by atoms with Crippen LogP contribution in [0.4, 0.5) is 0 Å². The SMILES string of the molecule is CCCC(CCc1ccncc1)NCC. The maximum atomic E-state index is 4.03. The molecular formula is C13H22N2. The first kappa shape index (κ1) is 12.2. The molecule has 0 amide bonds. The summed E-state index contributed by atoms with van der Waals surface area (Å²) in [5, 5.41) is 3.54. The number of aromatic nitrogens is 1. The summed E-state index contributed by atoms with van der Waals surface area (Å²) in [6.45, 7) is 5.49. The minimum Gasteiger partial charge on any atom is -0.314 e. The molecular weight excluding hydrogens is 184 g/mol. The van der Waals surface area contributed by atoms with Crippen molar-refractivity contribution in [3.63, 3.8) is 0 Å². The van der Waals surface area contributed by atoms with Gasteiger partial charge in [0.15, 0.2) is 0 Å². The molecule has 2 heteroatoms. The summed E-state index contributed by atoms with van der Waals surface area (Å²) in [7, 11) is 0. The molecule has 0 aliphatic heterocycles. The minimum atomic E-state index is 0.674. The fourth-order valence-electron chi connectivity index (χ4n) is 1.88. The van der Waals surface area contributed by atoms with E-state index in [-0.39, 0.29) is 0 Å². The first-order valence-electron chi connectivity index (χ1n) is 5.99. The van der Waals surface area contributed by atoms with Crippen molar-refractivity contribution in [2.24, 2.45) is 0 Å². The first-order chi connectivity index (χ1) is 7.36. The Morgan fingerprint density at radius 2 is 1.93 bits per heavy atom. The lowest BCUT2D eigenvalue weighted by Crippen LogP contribution is -2.29. The van der Waals surface area contributed by atoms with E-state index < -0.39 is 0 Å². The van der Waals surface area contributed by atoms with Gasteiger partial charge in [0, 0.05) is 18.4 Å². The van der Waals surface area contributed by atoms with Crippen molar-refractivity contribution in [2.45, 2.75) is 45.6 Å². The van der Waals surface area contributed by atoms with Crippen molar-refractivity contribution in [2.75, 3.05) is 6.54 Å². The first-order valence-corrected chi connectivity index (χ1v) is 5.99. The smallest absolute Gasteiger partial charge is 0.0270 e. The van der Waals surface area contributed by atoms with Gasteiger partial charge in [-0.1, -0.05) is 20.3 Å². The number of nitrogens with one attached hydrogen (secondary N) is 1. The number of nitrogens with zero attached hydrogens (tertiary/aromatic N) is 1. The van der Waals surface area contributed by atoms with E-state index in [0.717, 1.165) is 13.0 Å². The molecule has 1 heterocycles. The standard InChI is InChI=1S/C13H22N2/c1-3-5-13(15-4-2)7-6-12-8-10-14-11-9-12/h8-11,13,15H,3-7H2,1-2H3. The molecule has 0 fully saturated rings. The van der Waals surface area contributed by atoms with Gasteiger partial charge in [-0.2, -0.15) is 0 Å². The molecule has 0 radical (unpaired) electrons. The van der Waals surface area contributed by atoms with E-state index in [1.165, 1.54) is 24.8 Å². The van der Waals surface area contributed by atoms with Crippen LogP contribution in [0.3, 0.4) is 0 Å². The Bertz CT molecular complexity index is 240. The summed E-state index contributed by atoms with van der Waals surface area (Å²) in [6.07, 6.45) is 8.66. The van der Waals surface area contributed by atoms with Crippen LogP contribution in [0.15, 0.2) is 24.5 Å². The van der Waals surface area contributed by atoms with Gasteiger partial charge >= 0.3 is 0 Å². The molecule has 15 heavy (non-hydrogen) atoms. The second kappa shape index (κ2) is 7.41. The Labute approximate surface area is 93.1 Å². The molecule has 0 saturated heterocycles. The maximum absolute atomic E-state index is 4.03. The molecule has 1 aromatic rings. The van der Waals surface area contributed by atoms with Gasteiger partial charge in [0.1, 0.15) is 0 Å². The summed E-state index contributed by atoms with van der Waals surface area (Å²) in [6, 6.07) is 4.89. The lowest BCUT2D eigenvalue weighted by Gasteiger charge is -2.16. The molecule has 0 aliphatic rings. The highest BCUT2D eigenvalue weighted by Crippen LogP contribution is 2.07. The van der Waals surface area contributed by atoms with Crippen molar-refractivity contribution in [3.8, 4) is 0 Å². The highest BCUT2D eigenvalue weighted by Gasteiger charge is 2.05. The number of rotatable bonds is 7. The zero-order valence-electron chi connectivity index (χ0n) is 9.87. The molecule has 0 saturated carbocycles. The molecule has 1 atom stereocenters. The predicted molar refractivity (Wildman–Crippen MR) is 64.9 cm³/mol. The normalized spacial score (nSPS) is 12.7. The van der Waals surface area contributed by atoms with Crippen LogP contribution in [-0.2, 0) is 6.42 Å². The van der Waals surface area contributed by atoms with Gasteiger partial charge in [0.05, 0.1) is 0 Å². The monoisotopic (exact) mass is 206 g/mol. The van der Waals surface area contributed by atoms with Crippen molar-refractivity contribution in [1.29, 1.82) is 0 Å². The van der Waals surface area contributed by atoms with E-state index in [4.69, 9.17) is 0 Å². The van der Waals surface area contributed by atoms with Crippen LogP contribution in [-0.4, -0.2) is 17.6 Å². The summed E-state index contributed by atoms with van der Waals surface area (Å²) >= 11 is 0. The second-order valence-electron chi connectivity index (χ2n) is 3.94. The highest BCUT2D eigenvalue weighted by atomic mass is 14.9. The van der Waals surface area contributed by atoms with Crippen LogP contribution in [0.5, 0.6) is 0 Å². The molecule has 84 valence electrons. The lowest BCUT2D eigenvalue weighted by molar-refractivity contribution is 0.459. The van der Waals surface area contributed by atoms with Crippen LogP contribution in [0, 0.1) is 0 Å². The van der Waals surface area contributed by atoms with Crippen LogP contribution in [0.2, 0.25) is 0 Å². The van der Waals surface area contributed by atoms with E-state index in [1.54, 1.807) is 0 Å². The van der Waals surface area contributed by atoms with Gasteiger partial charge in [0.25, 0.3) is 0 Å². The fraction of sp³-hybridized carbons (Fsp3) is 0.615. The van der Waals surface area contributed by atoms with E-state index in [0.29, 0.717) is 6.04 Å². The Kier molecular flexibility index (Phi) is 6.02. The molecule has 1 rings (SSSR count). The number of hydrogen-bond acceptors (Lipinski definition) is 2. The molecule has 1 N–H and O–H groups in total. The van der Waals surface area contributed by atoms with E-state index >= 15 is 0 Å². The lowest BCUT2D eigenvalue weighted by atomic mass is 10.0. The highest BCUT2D eigenvalue weighted by molar-refractivity contribution is 5.09. The molecule has 0 aliphatic carbocycles. The van der Waals surface area contributed by atoms with Crippen LogP contribution >= 0.6 is 0 Å². The Morgan fingerprint density at radius 1 is 1.20 bits per heavy atom. The van der Waals surface area contributed by atoms with E-state index in [1.807, 2.05) is 12.4 Å². The maximum Gasteiger partial charge on any atom is 0.0270 e. The molecule has 1 aromatic heterocycles. The zero-order valence-corrected chi connectivity index (χ0v) is 9.87. The van der Waals surface area contributed by atoms with Crippen molar-refractivity contribution in [1.82, 2.24) is 10.3 Å². The second-order valence-corrected chi connectivity index (χ2v) is 3.94. The van der Waals surface area contributed by atoms with Gasteiger partial charge in [-0.25, -0.2) is 0 Å². The Hall–Kier alpha value is -0.890. The van der Waals surface area contributed by atoms with Gasteiger partial charge in [-0.15, -0.1) is 0 Å². The quantitative estimate of drug-likeness (QED) is 0.742. The average molecular weight is 206 g/mol. The third-order valence-electron chi connectivity index (χ3n) is 2.66. The molecule has 0 bridgehead atoms. The largest absolute Gasteiger partial charge is 0.314 e. The number of hydrogen-bond donors (Lipinski definition) is 1. The van der Waals surface area contributed by atoms with Crippen molar-refractivity contribution in [3.05, 3.63) is 30.1 Å². The Morgan fingerprint density at radius 3 is 2.53 bits per heavy atom. The average Bonchev–Trinajstić information content (AvgIpc) is 2.28. The molecule has 1 unspecified atom stereocenters. The Balaban J connectivity index is 2.33. The zero-order chi connectivity index (χ0) is 10.9. The number of pyridine rings is 1. The summed E-state index contributed by atoms with van der Waals surface area (Å²) in [5.74, 6) is 0. The van der Waals surface area contributed by atoms with Crippen molar-refractivity contribution >= 4 is 0 Å². The molecule has 0 spiro atoms. The van der Waals surface area contributed by atoms with Crippen LogP contribution in [0.1, 0.15) is 38.7 Å². The topological polar surface area (TPSA) is 24.9 Å². The van der Waals surface area contributed by atoms with Gasteiger partial charge in [0.2, 0.25) is 0 Å². The van der Waals surface area contributed by atoms with E-state index in [2.05, 4.69) is 36.3 Å². The predicted octanol–water partition coefficient (Wildman–Crippen LogP) is 2.79. The minimum absolute atomic E-state index is 0.674. The third kappa shape index (κ3) is 4.93. The van der Waals surface area contributed by atoms with E-state index in [9.17, 15) is 0 Å². The van der Waals surface area contributed by atoms with Crippen LogP contribution < -0.4 is 5.32 Å². The summed E-state index contributed by atoms with van der Waals surface area (Å²) in [5.41, 5.74) is 1.39. The summed E-state index contributed by atoms with van der Waals surface area (Å²) < 4.78 is 0.